The van der Waals surface area contributed by atoms with Crippen molar-refractivity contribution in [3.63, 3.8) is 0 Å². The van der Waals surface area contributed by atoms with Crippen LogP contribution in [-0.4, -0.2) is 18.8 Å². The zero-order valence-electron chi connectivity index (χ0n) is 15.9. The Hall–Kier alpha value is -2.92. The van der Waals surface area contributed by atoms with E-state index in [2.05, 4.69) is 23.7 Å². The first-order chi connectivity index (χ1) is 13.7. The Bertz CT molecular complexity index is 988. The van der Waals surface area contributed by atoms with Crippen LogP contribution in [-0.2, 0) is 0 Å². The first-order valence-corrected chi connectivity index (χ1v) is 10.5. The SMILES string of the molecule is CCOc1ccc(N2C(=O)c3ccccc3C2Nc2cccc(SC)c2)cc1. The summed E-state index contributed by atoms with van der Waals surface area (Å²) in [5.74, 6) is 0.797. The summed E-state index contributed by atoms with van der Waals surface area (Å²) in [6.45, 7) is 2.57. The minimum Gasteiger partial charge on any atom is -0.494 e. The predicted molar refractivity (Wildman–Crippen MR) is 115 cm³/mol. The average molecular weight is 391 g/mol. The van der Waals surface area contributed by atoms with Crippen molar-refractivity contribution >= 4 is 29.0 Å². The van der Waals surface area contributed by atoms with Gasteiger partial charge < -0.3 is 10.1 Å². The van der Waals surface area contributed by atoms with Crippen molar-refractivity contribution in [2.24, 2.45) is 0 Å². The largest absolute Gasteiger partial charge is 0.494 e. The third-order valence-corrected chi connectivity index (χ3v) is 5.49. The van der Waals surface area contributed by atoms with E-state index in [1.807, 2.05) is 72.5 Å². The summed E-state index contributed by atoms with van der Waals surface area (Å²) < 4.78 is 5.54. The highest BCUT2D eigenvalue weighted by Crippen LogP contribution is 2.38. The Morgan fingerprint density at radius 1 is 1.04 bits per heavy atom. The van der Waals surface area contributed by atoms with E-state index < -0.39 is 0 Å². The lowest BCUT2D eigenvalue weighted by atomic mass is 10.1. The highest BCUT2D eigenvalue weighted by atomic mass is 32.2. The normalized spacial score (nSPS) is 15.4. The molecule has 0 fully saturated rings. The van der Waals surface area contributed by atoms with Gasteiger partial charge in [-0.1, -0.05) is 24.3 Å². The summed E-state index contributed by atoms with van der Waals surface area (Å²) in [4.78, 5) is 16.2. The Morgan fingerprint density at radius 3 is 2.57 bits per heavy atom. The number of fused-ring (bicyclic) bond motifs is 1. The van der Waals surface area contributed by atoms with Gasteiger partial charge in [-0.2, -0.15) is 0 Å². The molecule has 0 radical (unpaired) electrons. The van der Waals surface area contributed by atoms with Gasteiger partial charge in [0.2, 0.25) is 0 Å². The fourth-order valence-corrected chi connectivity index (χ4v) is 3.92. The lowest BCUT2D eigenvalue weighted by molar-refractivity contribution is 0.0993. The van der Waals surface area contributed by atoms with Crippen molar-refractivity contribution in [1.82, 2.24) is 0 Å². The van der Waals surface area contributed by atoms with Gasteiger partial charge in [0, 0.05) is 27.4 Å². The number of hydrogen-bond donors (Lipinski definition) is 1. The van der Waals surface area contributed by atoms with E-state index >= 15 is 0 Å². The molecule has 1 unspecified atom stereocenters. The zero-order chi connectivity index (χ0) is 19.5. The Balaban J connectivity index is 1.72. The van der Waals surface area contributed by atoms with Crippen molar-refractivity contribution < 1.29 is 9.53 Å². The van der Waals surface area contributed by atoms with Gasteiger partial charge in [-0.25, -0.2) is 0 Å². The number of hydrogen-bond acceptors (Lipinski definition) is 4. The number of ether oxygens (including phenoxy) is 1. The maximum absolute atomic E-state index is 13.2. The Labute approximate surface area is 169 Å². The summed E-state index contributed by atoms with van der Waals surface area (Å²) in [6.07, 6.45) is 1.79. The van der Waals surface area contributed by atoms with E-state index in [4.69, 9.17) is 4.74 Å². The number of amides is 1. The fourth-order valence-electron chi connectivity index (χ4n) is 3.47. The average Bonchev–Trinajstić information content (AvgIpc) is 3.01. The lowest BCUT2D eigenvalue weighted by Crippen LogP contribution is -2.32. The third-order valence-electron chi connectivity index (χ3n) is 4.76. The van der Waals surface area contributed by atoms with Crippen LogP contribution in [0.4, 0.5) is 11.4 Å². The minimum absolute atomic E-state index is 0.00159. The van der Waals surface area contributed by atoms with Crippen molar-refractivity contribution in [3.05, 3.63) is 83.9 Å². The van der Waals surface area contributed by atoms with Crippen LogP contribution in [0.15, 0.2) is 77.7 Å². The second-order valence-corrected chi connectivity index (χ2v) is 7.35. The summed E-state index contributed by atoms with van der Waals surface area (Å²) >= 11 is 1.70. The van der Waals surface area contributed by atoms with Crippen LogP contribution in [0.1, 0.15) is 29.0 Å². The maximum atomic E-state index is 13.2. The number of rotatable bonds is 6. The number of carbonyl (C=O) groups excluding carboxylic acids is 1. The van der Waals surface area contributed by atoms with E-state index in [1.54, 1.807) is 11.8 Å². The summed E-state index contributed by atoms with van der Waals surface area (Å²) in [5, 5.41) is 3.55. The predicted octanol–water partition coefficient (Wildman–Crippen LogP) is 5.58. The van der Waals surface area contributed by atoms with Gasteiger partial charge >= 0.3 is 0 Å². The van der Waals surface area contributed by atoms with Crippen LogP contribution < -0.4 is 15.0 Å². The Kier molecular flexibility index (Phi) is 5.26. The molecule has 142 valence electrons. The highest BCUT2D eigenvalue weighted by Gasteiger charge is 2.37. The molecule has 5 heteroatoms. The van der Waals surface area contributed by atoms with Gasteiger partial charge in [0.1, 0.15) is 11.9 Å². The van der Waals surface area contributed by atoms with Gasteiger partial charge in [0.15, 0.2) is 0 Å². The smallest absolute Gasteiger partial charge is 0.260 e. The molecule has 1 N–H and O–H groups in total. The molecule has 3 aromatic rings. The van der Waals surface area contributed by atoms with Crippen LogP contribution >= 0.6 is 11.8 Å². The highest BCUT2D eigenvalue weighted by molar-refractivity contribution is 7.98. The van der Waals surface area contributed by atoms with Crippen molar-refractivity contribution in [2.45, 2.75) is 18.0 Å². The van der Waals surface area contributed by atoms with E-state index in [9.17, 15) is 4.79 Å². The molecule has 4 nitrogen and oxygen atoms in total. The van der Waals surface area contributed by atoms with Crippen LogP contribution in [0, 0.1) is 0 Å². The van der Waals surface area contributed by atoms with Crippen molar-refractivity contribution in [3.8, 4) is 5.75 Å². The molecule has 0 saturated heterocycles. The second kappa shape index (κ2) is 7.98. The number of nitrogens with zero attached hydrogens (tertiary/aromatic N) is 1. The second-order valence-electron chi connectivity index (χ2n) is 6.47. The number of nitrogens with one attached hydrogen (secondary N) is 1. The molecular formula is C23H22N2O2S. The first-order valence-electron chi connectivity index (χ1n) is 9.27. The van der Waals surface area contributed by atoms with Crippen molar-refractivity contribution in [1.29, 1.82) is 0 Å². The van der Waals surface area contributed by atoms with Gasteiger partial charge in [-0.3, -0.25) is 9.69 Å². The van der Waals surface area contributed by atoms with E-state index in [0.29, 0.717) is 6.61 Å². The number of carbonyl (C=O) groups is 1. The number of thioether (sulfide) groups is 1. The molecule has 1 aliphatic rings. The van der Waals surface area contributed by atoms with E-state index in [-0.39, 0.29) is 12.1 Å². The minimum atomic E-state index is -0.265. The summed E-state index contributed by atoms with van der Waals surface area (Å²) in [7, 11) is 0. The first kappa shape index (κ1) is 18.4. The molecule has 1 heterocycles. The van der Waals surface area contributed by atoms with E-state index in [0.717, 1.165) is 28.3 Å². The van der Waals surface area contributed by atoms with Gasteiger partial charge in [-0.05, 0) is 61.7 Å². The van der Waals surface area contributed by atoms with Gasteiger partial charge in [0.05, 0.1) is 6.61 Å². The quantitative estimate of drug-likeness (QED) is 0.558. The third kappa shape index (κ3) is 3.45. The molecule has 0 bridgehead atoms. The standard InChI is InChI=1S/C23H22N2O2S/c1-3-27-18-13-11-17(12-14-18)25-22(20-9-4-5-10-21(20)23(25)26)24-16-7-6-8-19(15-16)28-2/h4-15,22,24H,3H2,1-2H3. The summed E-state index contributed by atoms with van der Waals surface area (Å²) in [6, 6.07) is 23.7. The number of benzene rings is 3. The lowest BCUT2D eigenvalue weighted by Gasteiger charge is -2.27. The number of anilines is 2. The molecule has 0 spiro atoms. The van der Waals surface area contributed by atoms with Crippen LogP contribution in [0.5, 0.6) is 5.75 Å². The summed E-state index contributed by atoms with van der Waals surface area (Å²) in [5.41, 5.74) is 3.53. The molecule has 3 aromatic carbocycles. The molecule has 4 rings (SSSR count). The van der Waals surface area contributed by atoms with E-state index in [1.165, 1.54) is 4.90 Å². The molecular weight excluding hydrogens is 368 g/mol. The fraction of sp³-hybridized carbons (Fsp3) is 0.174. The van der Waals surface area contributed by atoms with Crippen LogP contribution in [0.3, 0.4) is 0 Å². The zero-order valence-corrected chi connectivity index (χ0v) is 16.7. The van der Waals surface area contributed by atoms with Gasteiger partial charge in [-0.15, -0.1) is 11.8 Å². The molecule has 28 heavy (non-hydrogen) atoms. The molecule has 0 aromatic heterocycles. The molecule has 0 aliphatic carbocycles. The Morgan fingerprint density at radius 2 is 1.82 bits per heavy atom. The van der Waals surface area contributed by atoms with Gasteiger partial charge in [0.25, 0.3) is 5.91 Å². The molecule has 0 saturated carbocycles. The molecule has 1 aliphatic heterocycles. The van der Waals surface area contributed by atoms with Crippen LogP contribution in [0.25, 0.3) is 0 Å². The molecule has 1 atom stereocenters. The van der Waals surface area contributed by atoms with Crippen LogP contribution in [0.2, 0.25) is 0 Å². The van der Waals surface area contributed by atoms with Crippen molar-refractivity contribution in [2.75, 3.05) is 23.1 Å². The monoisotopic (exact) mass is 390 g/mol. The molecule has 1 amide bonds. The topological polar surface area (TPSA) is 41.6 Å². The maximum Gasteiger partial charge on any atom is 0.260 e.